The average molecular weight is 394 g/mol. The Hall–Kier alpha value is -2.03. The van der Waals surface area contributed by atoms with Gasteiger partial charge in [-0.05, 0) is 30.7 Å². The van der Waals surface area contributed by atoms with Crippen LogP contribution in [0.4, 0.5) is 0 Å². The Balaban J connectivity index is 1.95. The van der Waals surface area contributed by atoms with Gasteiger partial charge in [0.15, 0.2) is 0 Å². The van der Waals surface area contributed by atoms with Gasteiger partial charge in [-0.1, -0.05) is 26.0 Å². The number of hydrogen-bond donors (Lipinski definition) is 1. The van der Waals surface area contributed by atoms with Crippen molar-refractivity contribution in [3.05, 3.63) is 52.0 Å². The fourth-order valence-corrected chi connectivity index (χ4v) is 4.40. The SMILES string of the molecule is CCN(CC)S(=O)(=O)c1ccc(CNC(=O)/C=C/c2csc(C)n2)cc1. The van der Waals surface area contributed by atoms with Gasteiger partial charge in [-0.15, -0.1) is 11.3 Å². The molecule has 26 heavy (non-hydrogen) atoms. The van der Waals surface area contributed by atoms with Gasteiger partial charge in [-0.2, -0.15) is 4.31 Å². The molecule has 140 valence electrons. The van der Waals surface area contributed by atoms with Crippen LogP contribution in [0.25, 0.3) is 6.08 Å². The van der Waals surface area contributed by atoms with Gasteiger partial charge in [0.2, 0.25) is 15.9 Å². The molecule has 0 atom stereocenters. The summed E-state index contributed by atoms with van der Waals surface area (Å²) in [6.07, 6.45) is 3.10. The van der Waals surface area contributed by atoms with Gasteiger partial charge in [0.05, 0.1) is 15.6 Å². The van der Waals surface area contributed by atoms with Crippen LogP contribution in [0.3, 0.4) is 0 Å². The van der Waals surface area contributed by atoms with E-state index < -0.39 is 10.0 Å². The predicted molar refractivity (Wildman–Crippen MR) is 104 cm³/mol. The van der Waals surface area contributed by atoms with Crippen molar-refractivity contribution in [3.63, 3.8) is 0 Å². The number of aryl methyl sites for hydroxylation is 1. The summed E-state index contributed by atoms with van der Waals surface area (Å²) in [5, 5.41) is 5.60. The zero-order valence-corrected chi connectivity index (χ0v) is 16.7. The van der Waals surface area contributed by atoms with Gasteiger partial charge in [-0.25, -0.2) is 13.4 Å². The summed E-state index contributed by atoms with van der Waals surface area (Å²) in [5.74, 6) is -0.226. The molecule has 6 nitrogen and oxygen atoms in total. The van der Waals surface area contributed by atoms with Crippen molar-refractivity contribution in [1.29, 1.82) is 0 Å². The highest BCUT2D eigenvalue weighted by Gasteiger charge is 2.21. The number of benzene rings is 1. The molecule has 1 N–H and O–H groups in total. The van der Waals surface area contributed by atoms with E-state index in [1.807, 2.05) is 26.2 Å². The second-order valence-corrected chi connectivity index (χ2v) is 8.58. The lowest BCUT2D eigenvalue weighted by Crippen LogP contribution is -2.30. The Morgan fingerprint density at radius 3 is 2.42 bits per heavy atom. The molecule has 0 aliphatic rings. The summed E-state index contributed by atoms with van der Waals surface area (Å²) >= 11 is 1.53. The van der Waals surface area contributed by atoms with E-state index in [9.17, 15) is 13.2 Å². The number of rotatable bonds is 8. The summed E-state index contributed by atoms with van der Waals surface area (Å²) in [5.41, 5.74) is 1.59. The van der Waals surface area contributed by atoms with Crippen LogP contribution in [-0.4, -0.2) is 36.7 Å². The molecule has 0 fully saturated rings. The maximum atomic E-state index is 12.4. The van der Waals surface area contributed by atoms with Crippen molar-refractivity contribution in [3.8, 4) is 0 Å². The lowest BCUT2D eigenvalue weighted by Gasteiger charge is -2.18. The van der Waals surface area contributed by atoms with E-state index in [0.717, 1.165) is 16.3 Å². The molecule has 1 aromatic carbocycles. The molecule has 0 saturated heterocycles. The van der Waals surface area contributed by atoms with E-state index in [4.69, 9.17) is 0 Å². The predicted octanol–water partition coefficient (Wildman–Crippen LogP) is 2.81. The first kappa shape index (κ1) is 20.3. The van der Waals surface area contributed by atoms with Gasteiger partial charge in [-0.3, -0.25) is 4.79 Å². The lowest BCUT2D eigenvalue weighted by molar-refractivity contribution is -0.116. The van der Waals surface area contributed by atoms with Gasteiger partial charge >= 0.3 is 0 Å². The highest BCUT2D eigenvalue weighted by atomic mass is 32.2. The van der Waals surface area contributed by atoms with E-state index in [1.54, 1.807) is 30.3 Å². The molecule has 1 amide bonds. The largest absolute Gasteiger partial charge is 0.348 e. The topological polar surface area (TPSA) is 79.4 Å². The number of carbonyl (C=O) groups excluding carboxylic acids is 1. The van der Waals surface area contributed by atoms with Crippen molar-refractivity contribution < 1.29 is 13.2 Å². The van der Waals surface area contributed by atoms with Crippen LogP contribution in [0.5, 0.6) is 0 Å². The second kappa shape index (κ2) is 9.07. The Kier molecular flexibility index (Phi) is 7.07. The van der Waals surface area contributed by atoms with Crippen LogP contribution in [0.1, 0.15) is 30.1 Å². The monoisotopic (exact) mass is 393 g/mol. The lowest BCUT2D eigenvalue weighted by atomic mass is 10.2. The molecule has 1 heterocycles. The molecule has 2 aromatic rings. The van der Waals surface area contributed by atoms with Gasteiger partial charge in [0.25, 0.3) is 0 Å². The molecule has 2 rings (SSSR count). The number of sulfonamides is 1. The summed E-state index contributed by atoms with van der Waals surface area (Å²) in [6.45, 7) is 6.72. The van der Waals surface area contributed by atoms with E-state index in [1.165, 1.54) is 21.7 Å². The molecule has 1 aromatic heterocycles. The molecule has 0 unspecified atom stereocenters. The van der Waals surface area contributed by atoms with E-state index >= 15 is 0 Å². The van der Waals surface area contributed by atoms with Gasteiger partial charge in [0, 0.05) is 31.1 Å². The average Bonchev–Trinajstić information content (AvgIpc) is 3.04. The molecular weight excluding hydrogens is 370 g/mol. The number of nitrogens with zero attached hydrogens (tertiary/aromatic N) is 2. The molecule has 0 radical (unpaired) electrons. The summed E-state index contributed by atoms with van der Waals surface area (Å²) in [7, 11) is -3.46. The fraction of sp³-hybridized carbons (Fsp3) is 0.333. The zero-order chi connectivity index (χ0) is 19.2. The quantitative estimate of drug-likeness (QED) is 0.700. The smallest absolute Gasteiger partial charge is 0.244 e. The second-order valence-electron chi connectivity index (χ2n) is 5.58. The van der Waals surface area contributed by atoms with Gasteiger partial charge in [0.1, 0.15) is 0 Å². The van der Waals surface area contributed by atoms with Crippen molar-refractivity contribution in [2.75, 3.05) is 13.1 Å². The highest BCUT2D eigenvalue weighted by molar-refractivity contribution is 7.89. The first-order valence-electron chi connectivity index (χ1n) is 8.34. The van der Waals surface area contributed by atoms with Crippen LogP contribution in [0.2, 0.25) is 0 Å². The van der Waals surface area contributed by atoms with E-state index in [0.29, 0.717) is 19.6 Å². The minimum Gasteiger partial charge on any atom is -0.348 e. The number of hydrogen-bond acceptors (Lipinski definition) is 5. The minimum absolute atomic E-state index is 0.226. The van der Waals surface area contributed by atoms with Crippen molar-refractivity contribution in [2.24, 2.45) is 0 Å². The molecule has 0 aliphatic heterocycles. The number of thiazole rings is 1. The first-order valence-corrected chi connectivity index (χ1v) is 10.7. The molecular formula is C18H23N3O3S2. The summed E-state index contributed by atoms with van der Waals surface area (Å²) in [4.78, 5) is 16.4. The highest BCUT2D eigenvalue weighted by Crippen LogP contribution is 2.16. The van der Waals surface area contributed by atoms with Crippen LogP contribution < -0.4 is 5.32 Å². The van der Waals surface area contributed by atoms with Gasteiger partial charge < -0.3 is 5.32 Å². The first-order chi connectivity index (χ1) is 12.4. The third-order valence-electron chi connectivity index (χ3n) is 3.78. The van der Waals surface area contributed by atoms with Crippen molar-refractivity contribution in [2.45, 2.75) is 32.2 Å². The standard InChI is InChI=1S/C18H23N3O3S2/c1-4-21(5-2)26(23,24)17-9-6-15(7-10-17)12-19-18(22)11-8-16-13-25-14(3)20-16/h6-11,13H,4-5,12H2,1-3H3,(H,19,22)/b11-8+. The number of nitrogens with one attached hydrogen (secondary N) is 1. The normalized spacial score (nSPS) is 12.0. The Morgan fingerprint density at radius 1 is 1.23 bits per heavy atom. The number of carbonyl (C=O) groups is 1. The Labute approximate surface area is 158 Å². The number of aromatic nitrogens is 1. The maximum Gasteiger partial charge on any atom is 0.244 e. The summed E-state index contributed by atoms with van der Waals surface area (Å²) < 4.78 is 26.3. The van der Waals surface area contributed by atoms with Crippen molar-refractivity contribution in [1.82, 2.24) is 14.6 Å². The molecule has 8 heteroatoms. The Bertz CT molecular complexity index is 867. The summed E-state index contributed by atoms with van der Waals surface area (Å²) in [6, 6.07) is 6.57. The number of amides is 1. The van der Waals surface area contributed by atoms with E-state index in [2.05, 4.69) is 10.3 Å². The third kappa shape index (κ3) is 5.23. The minimum atomic E-state index is -3.46. The van der Waals surface area contributed by atoms with Crippen LogP contribution >= 0.6 is 11.3 Å². The fourth-order valence-electron chi connectivity index (χ4n) is 2.36. The molecule has 0 aliphatic carbocycles. The molecule has 0 saturated carbocycles. The molecule has 0 spiro atoms. The maximum absolute atomic E-state index is 12.4. The third-order valence-corrected chi connectivity index (χ3v) is 6.63. The van der Waals surface area contributed by atoms with Crippen LogP contribution in [0.15, 0.2) is 40.6 Å². The van der Waals surface area contributed by atoms with Crippen molar-refractivity contribution >= 4 is 33.3 Å². The van der Waals surface area contributed by atoms with Crippen LogP contribution in [0, 0.1) is 6.92 Å². The van der Waals surface area contributed by atoms with Crippen LogP contribution in [-0.2, 0) is 21.4 Å². The van der Waals surface area contributed by atoms with E-state index in [-0.39, 0.29) is 10.8 Å². The molecule has 0 bridgehead atoms. The zero-order valence-electron chi connectivity index (χ0n) is 15.1. The Morgan fingerprint density at radius 2 is 1.88 bits per heavy atom.